The Morgan fingerprint density at radius 3 is 1.58 bits per heavy atom. The van der Waals surface area contributed by atoms with E-state index in [-0.39, 0.29) is 38.6 Å². The van der Waals surface area contributed by atoms with Crippen LogP contribution in [0.3, 0.4) is 0 Å². The molecule has 0 radical (unpaired) electrons. The minimum Gasteiger partial charge on any atom is -0.545 e. The summed E-state index contributed by atoms with van der Waals surface area (Å²) in [6, 6.07) is 0. The molecule has 0 aliphatic carbocycles. The number of carboxylic acids is 1. The first-order valence-corrected chi connectivity index (χ1v) is 21.1. The Labute approximate surface area is 335 Å². The third kappa shape index (κ3) is 38.8. The van der Waals surface area contributed by atoms with Crippen molar-refractivity contribution in [2.24, 2.45) is 0 Å². The molecule has 0 rings (SSSR count). The second-order valence-corrected chi connectivity index (χ2v) is 14.9. The highest BCUT2D eigenvalue weighted by Crippen LogP contribution is 2.11. The summed E-state index contributed by atoms with van der Waals surface area (Å²) < 4.78 is 22.4. The zero-order valence-electron chi connectivity index (χ0n) is 35.3. The van der Waals surface area contributed by atoms with Crippen LogP contribution in [0.2, 0.25) is 0 Å². The number of aliphatic carboxylic acids is 1. The summed E-state index contributed by atoms with van der Waals surface area (Å²) in [4.78, 5) is 36.8. The number of carbonyl (C=O) groups excluding carboxylic acids is 3. The summed E-state index contributed by atoms with van der Waals surface area (Å²) in [5, 5.41) is 11.7. The Kier molecular flexibility index (Phi) is 35.4. The number of allylic oxidation sites excluding steroid dienone is 12. The van der Waals surface area contributed by atoms with Gasteiger partial charge in [-0.1, -0.05) is 125 Å². The first-order chi connectivity index (χ1) is 26.6. The van der Waals surface area contributed by atoms with Crippen molar-refractivity contribution >= 4 is 17.9 Å². The molecule has 0 spiro atoms. The van der Waals surface area contributed by atoms with Crippen molar-refractivity contribution < 1.29 is 42.9 Å². The maximum Gasteiger partial charge on any atom is 0.306 e. The molecule has 2 atom stereocenters. The van der Waals surface area contributed by atoms with Gasteiger partial charge in [-0.3, -0.25) is 9.59 Å². The highest BCUT2D eigenvalue weighted by molar-refractivity contribution is 5.70. The topological polar surface area (TPSA) is 111 Å². The molecule has 0 bridgehead atoms. The summed E-state index contributed by atoms with van der Waals surface area (Å²) in [6.45, 7) is 4.50. The van der Waals surface area contributed by atoms with E-state index in [1.54, 1.807) is 0 Å². The van der Waals surface area contributed by atoms with Gasteiger partial charge in [-0.15, -0.1) is 0 Å². The molecule has 314 valence electrons. The van der Waals surface area contributed by atoms with Crippen molar-refractivity contribution in [2.45, 2.75) is 155 Å². The third-order valence-electron chi connectivity index (χ3n) is 8.44. The van der Waals surface area contributed by atoms with E-state index in [9.17, 15) is 19.5 Å². The van der Waals surface area contributed by atoms with E-state index in [1.807, 2.05) is 21.1 Å². The molecule has 0 aromatic heterocycles. The number of hydrogen-bond donors (Lipinski definition) is 0. The molecule has 0 aliphatic heterocycles. The van der Waals surface area contributed by atoms with Gasteiger partial charge in [0.05, 0.1) is 40.3 Å². The number of carbonyl (C=O) groups is 3. The van der Waals surface area contributed by atoms with Gasteiger partial charge < -0.3 is 33.3 Å². The summed E-state index contributed by atoms with van der Waals surface area (Å²) in [5.41, 5.74) is 0. The van der Waals surface area contributed by atoms with Crippen LogP contribution in [0.15, 0.2) is 72.9 Å². The van der Waals surface area contributed by atoms with Crippen LogP contribution in [0.1, 0.15) is 142 Å². The maximum absolute atomic E-state index is 12.7. The number of nitrogens with zero attached hydrogens (tertiary/aromatic N) is 1. The van der Waals surface area contributed by atoms with Crippen LogP contribution in [0.4, 0.5) is 0 Å². The minimum atomic E-state index is -1.63. The lowest BCUT2D eigenvalue weighted by Gasteiger charge is -2.26. The van der Waals surface area contributed by atoms with Crippen molar-refractivity contribution in [3.63, 3.8) is 0 Å². The second kappa shape index (κ2) is 37.6. The molecular weight excluding hydrogens is 695 g/mol. The Hall–Kier alpha value is -3.27. The van der Waals surface area contributed by atoms with E-state index in [0.717, 1.165) is 96.3 Å². The van der Waals surface area contributed by atoms with Gasteiger partial charge in [0, 0.05) is 12.8 Å². The number of esters is 2. The van der Waals surface area contributed by atoms with E-state index in [1.165, 1.54) is 12.8 Å². The molecule has 0 saturated heterocycles. The minimum absolute atomic E-state index is 0.136. The molecule has 0 saturated carbocycles. The van der Waals surface area contributed by atoms with Crippen molar-refractivity contribution in [1.29, 1.82) is 0 Å². The Bertz CT molecular complexity index is 1130. The van der Waals surface area contributed by atoms with Gasteiger partial charge >= 0.3 is 11.9 Å². The molecule has 0 heterocycles. The average molecular weight is 772 g/mol. The predicted octanol–water partition coefficient (Wildman–Crippen LogP) is 9.44. The predicted molar refractivity (Wildman–Crippen MR) is 223 cm³/mol. The molecule has 0 N–H and O–H groups in total. The first kappa shape index (κ1) is 51.7. The Morgan fingerprint density at radius 2 is 1.04 bits per heavy atom. The lowest BCUT2D eigenvalue weighted by atomic mass is 10.1. The number of quaternary nitrogens is 1. The summed E-state index contributed by atoms with van der Waals surface area (Å²) in [6.07, 6.45) is 42.2. The monoisotopic (exact) mass is 772 g/mol. The first-order valence-electron chi connectivity index (χ1n) is 21.1. The van der Waals surface area contributed by atoms with Crippen LogP contribution in [0, 0.1) is 0 Å². The van der Waals surface area contributed by atoms with Gasteiger partial charge in [-0.2, -0.15) is 0 Å². The van der Waals surface area contributed by atoms with Crippen molar-refractivity contribution in [1.82, 2.24) is 0 Å². The zero-order chi connectivity index (χ0) is 40.7. The van der Waals surface area contributed by atoms with Crippen LogP contribution in [-0.2, 0) is 33.3 Å². The quantitative estimate of drug-likeness (QED) is 0.0202. The molecule has 9 nitrogen and oxygen atoms in total. The number of ether oxygens (including phenoxy) is 4. The largest absolute Gasteiger partial charge is 0.545 e. The third-order valence-corrected chi connectivity index (χ3v) is 8.44. The number of hydrogen-bond acceptors (Lipinski definition) is 8. The number of likely N-dealkylation sites (N-methyl/N-ethyl adjacent to an activating group) is 1. The van der Waals surface area contributed by atoms with Gasteiger partial charge in [-0.05, 0) is 77.0 Å². The molecule has 9 heteroatoms. The standard InChI is InChI=1S/C46H77NO8/c1-6-8-10-12-14-16-18-19-20-21-22-23-24-25-27-29-31-33-35-37-44(49)55-42(41-54-46(45(50)51)52-39-38-47(3,4)5)40-53-43(48)36-34-32-30-28-26-17-15-13-11-9-7-2/h8,10,13-16,19-20,22-23,25,27,42,46H,6-7,9,11-12,17-18,21,24,26,28-41H2,1-5H3/b10-8-,15-13-,16-14-,20-19-,23-22-,27-25-. The highest BCUT2D eigenvalue weighted by atomic mass is 16.7. The normalized spacial score (nSPS) is 13.7. The number of carboxylic acid groups (broad SMARTS) is 1. The van der Waals surface area contributed by atoms with Gasteiger partial charge in [0.2, 0.25) is 0 Å². The summed E-state index contributed by atoms with van der Waals surface area (Å²) >= 11 is 0. The fourth-order valence-electron chi connectivity index (χ4n) is 5.13. The van der Waals surface area contributed by atoms with Gasteiger partial charge in [0.25, 0.3) is 0 Å². The lowest BCUT2D eigenvalue weighted by molar-refractivity contribution is -0.870. The van der Waals surface area contributed by atoms with Crippen molar-refractivity contribution in [3.05, 3.63) is 72.9 Å². The van der Waals surface area contributed by atoms with E-state index in [2.05, 4.69) is 86.8 Å². The molecule has 2 unspecified atom stereocenters. The SMILES string of the molecule is CC/C=C\C/C=C\C/C=C\C/C=C\C/C=C\CCCCCC(=O)OC(COC(=O)CCCCCCC/C=C\CCCC)COC(OCC[N+](C)(C)C)C(=O)[O-]. The van der Waals surface area contributed by atoms with Crippen LogP contribution < -0.4 is 5.11 Å². The van der Waals surface area contributed by atoms with E-state index in [0.29, 0.717) is 17.4 Å². The molecule has 0 aromatic carbocycles. The second-order valence-electron chi connectivity index (χ2n) is 14.9. The maximum atomic E-state index is 12.7. The number of unbranched alkanes of at least 4 members (excludes halogenated alkanes) is 10. The van der Waals surface area contributed by atoms with Crippen molar-refractivity contribution in [2.75, 3.05) is 47.5 Å². The molecule has 0 amide bonds. The van der Waals surface area contributed by atoms with E-state index < -0.39 is 24.3 Å². The average Bonchev–Trinajstić information content (AvgIpc) is 3.14. The van der Waals surface area contributed by atoms with Crippen LogP contribution in [-0.4, -0.2) is 82.3 Å². The summed E-state index contributed by atoms with van der Waals surface area (Å²) in [5.74, 6) is -2.36. The highest BCUT2D eigenvalue weighted by Gasteiger charge is 2.21. The van der Waals surface area contributed by atoms with Crippen LogP contribution in [0.25, 0.3) is 0 Å². The van der Waals surface area contributed by atoms with E-state index in [4.69, 9.17) is 18.9 Å². The fraction of sp³-hybridized carbons (Fsp3) is 0.674. The molecule has 55 heavy (non-hydrogen) atoms. The zero-order valence-corrected chi connectivity index (χ0v) is 35.3. The van der Waals surface area contributed by atoms with Gasteiger partial charge in [0.1, 0.15) is 13.2 Å². The van der Waals surface area contributed by atoms with Crippen molar-refractivity contribution in [3.8, 4) is 0 Å². The smallest absolute Gasteiger partial charge is 0.306 e. The lowest BCUT2D eigenvalue weighted by Crippen LogP contribution is -2.44. The van der Waals surface area contributed by atoms with Gasteiger partial charge in [-0.25, -0.2) is 0 Å². The van der Waals surface area contributed by atoms with Crippen LogP contribution in [0.5, 0.6) is 0 Å². The molecule has 0 aliphatic rings. The van der Waals surface area contributed by atoms with E-state index >= 15 is 0 Å². The summed E-state index contributed by atoms with van der Waals surface area (Å²) in [7, 11) is 5.88. The fourth-order valence-corrected chi connectivity index (χ4v) is 5.13. The Morgan fingerprint density at radius 1 is 0.564 bits per heavy atom. The van der Waals surface area contributed by atoms with Gasteiger partial charge in [0.15, 0.2) is 12.4 Å². The molecule has 0 aromatic rings. The van der Waals surface area contributed by atoms with Crippen LogP contribution >= 0.6 is 0 Å². The Balaban J connectivity index is 4.56. The molecular formula is C46H77NO8. The molecule has 0 fully saturated rings. The number of rotatable bonds is 37.